The Morgan fingerprint density at radius 1 is 1.12 bits per heavy atom. The van der Waals surface area contributed by atoms with E-state index in [0.717, 1.165) is 54.3 Å². The molecule has 0 amide bonds. The lowest BCUT2D eigenvalue weighted by Gasteiger charge is -2.37. The average molecular weight is 489 g/mol. The van der Waals surface area contributed by atoms with E-state index in [4.69, 9.17) is 14.5 Å². The summed E-state index contributed by atoms with van der Waals surface area (Å²) in [7, 11) is 1.27. The second-order valence-electron chi connectivity index (χ2n) is 8.35. The Morgan fingerprint density at radius 2 is 1.79 bits per heavy atom. The van der Waals surface area contributed by atoms with Crippen LogP contribution in [0.5, 0.6) is 11.5 Å². The first-order valence-corrected chi connectivity index (χ1v) is 12.9. The molecule has 3 N–H and O–H groups in total. The molecule has 0 radical (unpaired) electrons. The molecule has 3 heterocycles. The van der Waals surface area contributed by atoms with Crippen LogP contribution in [0.25, 0.3) is 5.82 Å². The summed E-state index contributed by atoms with van der Waals surface area (Å²) < 4.78 is 39.1. The van der Waals surface area contributed by atoms with E-state index in [2.05, 4.69) is 24.6 Å². The van der Waals surface area contributed by atoms with Crippen LogP contribution in [0.2, 0.25) is 0 Å². The van der Waals surface area contributed by atoms with Gasteiger partial charge in [0.2, 0.25) is 0 Å². The van der Waals surface area contributed by atoms with Gasteiger partial charge in [-0.1, -0.05) is 0 Å². The largest absolute Gasteiger partial charge is 0.493 e. The van der Waals surface area contributed by atoms with Crippen molar-refractivity contribution in [1.29, 1.82) is 0 Å². The van der Waals surface area contributed by atoms with Crippen molar-refractivity contribution >= 4 is 16.0 Å². The Labute approximate surface area is 200 Å². The fraction of sp³-hybridized carbons (Fsp3) is 0.478. The summed E-state index contributed by atoms with van der Waals surface area (Å²) in [5.41, 5.74) is 1.03. The molecule has 1 fully saturated rings. The molecule has 1 unspecified atom stereocenters. The van der Waals surface area contributed by atoms with E-state index >= 15 is 0 Å². The Balaban J connectivity index is 1.58. The van der Waals surface area contributed by atoms with Crippen LogP contribution in [-0.2, 0) is 10.2 Å². The van der Waals surface area contributed by atoms with E-state index in [-0.39, 0.29) is 6.17 Å². The Bertz CT molecular complexity index is 1210. The zero-order valence-corrected chi connectivity index (χ0v) is 20.6. The minimum absolute atomic E-state index is 0.239. The number of hydrogen-bond donors (Lipinski definition) is 3. The van der Waals surface area contributed by atoms with E-state index in [1.165, 1.54) is 7.05 Å². The van der Waals surface area contributed by atoms with Gasteiger partial charge in [0.05, 0.1) is 19.6 Å². The van der Waals surface area contributed by atoms with Gasteiger partial charge in [-0.2, -0.15) is 8.42 Å². The van der Waals surface area contributed by atoms with Crippen LogP contribution in [0.15, 0.2) is 41.7 Å². The fourth-order valence-corrected chi connectivity index (χ4v) is 4.95. The van der Waals surface area contributed by atoms with E-state index in [0.29, 0.717) is 24.0 Å². The van der Waals surface area contributed by atoms with Crippen LogP contribution in [-0.4, -0.2) is 59.2 Å². The van der Waals surface area contributed by atoms with E-state index in [1.807, 2.05) is 24.3 Å². The second kappa shape index (κ2) is 10.6. The first-order chi connectivity index (χ1) is 16.4. The third kappa shape index (κ3) is 5.43. The minimum Gasteiger partial charge on any atom is -0.493 e. The summed E-state index contributed by atoms with van der Waals surface area (Å²) in [6.45, 7) is 2.16. The molecule has 184 valence electrons. The molecule has 1 atom stereocenters. The number of pyridine rings is 1. The van der Waals surface area contributed by atoms with Gasteiger partial charge in [-0.3, -0.25) is 9.98 Å². The number of methoxy groups -OCH3 is 2. The van der Waals surface area contributed by atoms with Crippen molar-refractivity contribution < 1.29 is 17.9 Å². The molecule has 1 aromatic heterocycles. The van der Waals surface area contributed by atoms with Crippen LogP contribution in [0, 0.1) is 5.92 Å². The van der Waals surface area contributed by atoms with Crippen molar-refractivity contribution in [1.82, 2.24) is 24.6 Å². The van der Waals surface area contributed by atoms with Crippen molar-refractivity contribution in [2.45, 2.75) is 25.4 Å². The summed E-state index contributed by atoms with van der Waals surface area (Å²) in [6.07, 6.45) is 6.07. The lowest BCUT2D eigenvalue weighted by molar-refractivity contribution is 0.233. The summed E-state index contributed by atoms with van der Waals surface area (Å²) >= 11 is 0. The van der Waals surface area contributed by atoms with Gasteiger partial charge in [0, 0.05) is 50.4 Å². The molecule has 0 bridgehead atoms. The highest BCUT2D eigenvalue weighted by atomic mass is 32.2. The van der Waals surface area contributed by atoms with E-state index in [9.17, 15) is 8.42 Å². The van der Waals surface area contributed by atoms with Gasteiger partial charge < -0.3 is 19.7 Å². The number of rotatable bonds is 9. The maximum absolute atomic E-state index is 11.6. The van der Waals surface area contributed by atoms with Crippen LogP contribution >= 0.6 is 0 Å². The van der Waals surface area contributed by atoms with Crippen molar-refractivity contribution in [2.75, 3.05) is 40.9 Å². The Hall–Kier alpha value is -2.89. The lowest BCUT2D eigenvalue weighted by Crippen LogP contribution is -2.48. The maximum Gasteiger partial charge on any atom is 0.276 e. The minimum atomic E-state index is -3.39. The lowest BCUT2D eigenvalue weighted by atomic mass is 9.93. The van der Waals surface area contributed by atoms with Crippen molar-refractivity contribution in [2.24, 2.45) is 10.9 Å². The standard InChI is InChI=1S/C23H32N6O4S/c1-24-34(30,31)26-11-4-16-7-12-29(13-8-16)23-18-14-20(32-2)21(33-3)15-19(18)27-22(28-23)17-5-9-25-10-6-17/h5-6,9-10,14-16,22,24,26,28H,4,7-8,11-13H2,1-3H3. The number of aromatic nitrogens is 1. The average Bonchev–Trinajstić information content (AvgIpc) is 2.88. The summed E-state index contributed by atoms with van der Waals surface area (Å²) in [6, 6.07) is 7.82. The quantitative estimate of drug-likeness (QED) is 0.463. The molecule has 1 aromatic carbocycles. The number of fused-ring (bicyclic) bond motifs is 1. The normalized spacial score (nSPS) is 18.6. The number of piperidine rings is 1. The van der Waals surface area contributed by atoms with Gasteiger partial charge in [0.1, 0.15) is 12.0 Å². The third-order valence-corrected chi connectivity index (χ3v) is 7.49. The first kappa shape index (κ1) is 24.2. The highest BCUT2D eigenvalue weighted by Gasteiger charge is 2.26. The highest BCUT2D eigenvalue weighted by molar-refractivity contribution is 7.87. The molecule has 2 aliphatic rings. The number of hydrogen-bond acceptors (Lipinski definition) is 8. The molecule has 0 saturated carbocycles. The molecule has 34 heavy (non-hydrogen) atoms. The number of likely N-dealkylation sites (tertiary alicyclic amines) is 1. The molecule has 2 aliphatic heterocycles. The molecule has 11 heteroatoms. The highest BCUT2D eigenvalue weighted by Crippen LogP contribution is 2.27. The molecule has 10 nitrogen and oxygen atoms in total. The zero-order chi connectivity index (χ0) is 24.1. The number of benzene rings is 1. The van der Waals surface area contributed by atoms with Gasteiger partial charge in [0.15, 0.2) is 11.5 Å². The van der Waals surface area contributed by atoms with Crippen molar-refractivity contribution in [3.8, 4) is 11.5 Å². The second-order valence-corrected chi connectivity index (χ2v) is 10.1. The molecular formula is C23H32N6O4S. The number of nitrogens with zero attached hydrogens (tertiary/aromatic N) is 3. The molecule has 2 aromatic rings. The Morgan fingerprint density at radius 3 is 2.44 bits per heavy atom. The van der Waals surface area contributed by atoms with Gasteiger partial charge >= 0.3 is 0 Å². The van der Waals surface area contributed by atoms with E-state index < -0.39 is 10.2 Å². The van der Waals surface area contributed by atoms with Crippen LogP contribution in [0.1, 0.15) is 31.0 Å². The number of nitrogens with one attached hydrogen (secondary N) is 3. The van der Waals surface area contributed by atoms with Crippen LogP contribution in [0.3, 0.4) is 0 Å². The predicted octanol–water partition coefficient (Wildman–Crippen LogP) is 0.242. The molecule has 1 saturated heterocycles. The molecular weight excluding hydrogens is 456 g/mol. The monoisotopic (exact) mass is 488 g/mol. The topological polar surface area (TPSA) is 117 Å². The van der Waals surface area contributed by atoms with Crippen LogP contribution in [0.4, 0.5) is 0 Å². The predicted molar refractivity (Wildman–Crippen MR) is 129 cm³/mol. The third-order valence-electron chi connectivity index (χ3n) is 6.36. The zero-order valence-electron chi connectivity index (χ0n) is 19.7. The number of ether oxygens (including phenoxy) is 2. The Kier molecular flexibility index (Phi) is 7.54. The summed E-state index contributed by atoms with van der Waals surface area (Å²) in [5, 5.41) is 5.44. The van der Waals surface area contributed by atoms with Crippen LogP contribution < -0.4 is 34.8 Å². The molecule has 0 aliphatic carbocycles. The molecule has 4 rings (SSSR count). The van der Waals surface area contributed by atoms with Gasteiger partial charge in [-0.25, -0.2) is 9.44 Å². The van der Waals surface area contributed by atoms with Gasteiger partial charge in [-0.15, -0.1) is 0 Å². The van der Waals surface area contributed by atoms with Gasteiger partial charge in [-0.05, 0) is 48.9 Å². The summed E-state index contributed by atoms with van der Waals surface area (Å²) in [5.74, 6) is 2.78. The van der Waals surface area contributed by atoms with Crippen molar-refractivity contribution in [3.63, 3.8) is 0 Å². The molecule has 0 spiro atoms. The van der Waals surface area contributed by atoms with Gasteiger partial charge in [0.25, 0.3) is 10.2 Å². The van der Waals surface area contributed by atoms with Crippen molar-refractivity contribution in [3.05, 3.63) is 52.8 Å². The SMILES string of the molecule is CNS(=O)(=O)NCCC1CCN(C2=c3cc(OC)c(OC)cc3=NC(c3ccncc3)N2)CC1. The van der Waals surface area contributed by atoms with E-state index in [1.54, 1.807) is 26.6 Å². The fourth-order valence-electron chi connectivity index (χ4n) is 4.42. The first-order valence-electron chi connectivity index (χ1n) is 11.4. The summed E-state index contributed by atoms with van der Waals surface area (Å²) in [4.78, 5) is 11.4. The smallest absolute Gasteiger partial charge is 0.276 e. The maximum atomic E-state index is 11.6.